The number of hydrogen-bond acceptors (Lipinski definition) is 1. The molecule has 0 heterocycles. The topological polar surface area (TPSA) is 17.1 Å². The molecule has 0 bridgehead atoms. The predicted octanol–water partition coefficient (Wildman–Crippen LogP) is 6.94. The monoisotopic (exact) mass is 424 g/mol. The van der Waals surface area contributed by atoms with Crippen molar-refractivity contribution in [1.82, 2.24) is 0 Å². The molecule has 0 saturated carbocycles. The second kappa shape index (κ2) is 7.78. The van der Waals surface area contributed by atoms with Crippen molar-refractivity contribution in [1.29, 1.82) is 0 Å². The highest BCUT2D eigenvalue weighted by Gasteiger charge is 2.39. The van der Waals surface area contributed by atoms with Crippen LogP contribution in [-0.4, -0.2) is 12.0 Å². The third kappa shape index (κ3) is 4.64. The van der Waals surface area contributed by atoms with E-state index in [4.69, 9.17) is 0 Å². The molecule has 0 radical (unpaired) electrons. The average molecular weight is 425 g/mol. The standard InChI is InChI=1S/C21H20BrF3O/c1-12-9-17(10-13(2)14(12)3)19(21(23,24)25)8-6-16-5-7-18(15(4)26)20(22)11-16/h5-11,19H,1-4H3/b8-6+. The summed E-state index contributed by atoms with van der Waals surface area (Å²) in [6.07, 6.45) is -1.78. The molecule has 0 aromatic heterocycles. The highest BCUT2D eigenvalue weighted by Crippen LogP contribution is 2.38. The number of carbonyl (C=O) groups excluding carboxylic acids is 1. The van der Waals surface area contributed by atoms with Crippen LogP contribution in [0, 0.1) is 20.8 Å². The SMILES string of the molecule is CC(=O)c1ccc(/C=C/C(c2cc(C)c(C)c(C)c2)C(F)(F)F)cc1Br. The number of Topliss-reactive ketones (excluding diaryl/α,β-unsaturated/α-hetero) is 1. The molecule has 1 atom stereocenters. The van der Waals surface area contributed by atoms with E-state index in [1.54, 1.807) is 30.3 Å². The lowest BCUT2D eigenvalue weighted by Crippen LogP contribution is -2.19. The van der Waals surface area contributed by atoms with E-state index in [0.29, 0.717) is 15.6 Å². The van der Waals surface area contributed by atoms with E-state index in [1.165, 1.54) is 19.1 Å². The van der Waals surface area contributed by atoms with Crippen LogP contribution in [0.15, 0.2) is 40.9 Å². The number of ketones is 1. The average Bonchev–Trinajstić information content (AvgIpc) is 2.51. The summed E-state index contributed by atoms with van der Waals surface area (Å²) < 4.78 is 41.4. The number of allylic oxidation sites excluding steroid dienone is 1. The molecular formula is C21H20BrF3O. The van der Waals surface area contributed by atoms with Crippen LogP contribution in [0.4, 0.5) is 13.2 Å². The zero-order chi connectivity index (χ0) is 19.6. The lowest BCUT2D eigenvalue weighted by atomic mass is 9.91. The molecule has 138 valence electrons. The first-order valence-corrected chi connectivity index (χ1v) is 8.93. The van der Waals surface area contributed by atoms with E-state index in [-0.39, 0.29) is 11.3 Å². The van der Waals surface area contributed by atoms with Gasteiger partial charge in [-0.2, -0.15) is 13.2 Å². The fraction of sp³-hybridized carbons (Fsp3) is 0.286. The van der Waals surface area contributed by atoms with Crippen molar-refractivity contribution in [2.75, 3.05) is 0 Å². The first kappa shape index (κ1) is 20.4. The Hall–Kier alpha value is -1.88. The molecule has 1 nitrogen and oxygen atoms in total. The molecule has 0 fully saturated rings. The summed E-state index contributed by atoms with van der Waals surface area (Å²) in [5, 5.41) is 0. The van der Waals surface area contributed by atoms with Crippen LogP contribution in [0.1, 0.15) is 51.0 Å². The van der Waals surface area contributed by atoms with Crippen LogP contribution >= 0.6 is 15.9 Å². The molecule has 0 spiro atoms. The summed E-state index contributed by atoms with van der Waals surface area (Å²) in [6.45, 7) is 6.99. The second-order valence-corrected chi connectivity index (χ2v) is 7.31. The normalized spacial score (nSPS) is 13.2. The van der Waals surface area contributed by atoms with Gasteiger partial charge in [-0.15, -0.1) is 0 Å². The van der Waals surface area contributed by atoms with Gasteiger partial charge in [-0.25, -0.2) is 0 Å². The summed E-state index contributed by atoms with van der Waals surface area (Å²) in [5.41, 5.74) is 4.01. The lowest BCUT2D eigenvalue weighted by Gasteiger charge is -2.19. The number of rotatable bonds is 4. The fourth-order valence-corrected chi connectivity index (χ4v) is 3.46. The molecule has 2 aromatic rings. The van der Waals surface area contributed by atoms with E-state index < -0.39 is 12.1 Å². The van der Waals surface area contributed by atoms with Crippen molar-refractivity contribution >= 4 is 27.8 Å². The maximum Gasteiger partial charge on any atom is 0.399 e. The maximum atomic E-state index is 13.6. The molecule has 1 unspecified atom stereocenters. The van der Waals surface area contributed by atoms with Crippen LogP contribution < -0.4 is 0 Å². The van der Waals surface area contributed by atoms with Crippen LogP contribution in [-0.2, 0) is 0 Å². The van der Waals surface area contributed by atoms with Gasteiger partial charge in [0.25, 0.3) is 0 Å². The number of benzene rings is 2. The van der Waals surface area contributed by atoms with Crippen LogP contribution in [0.25, 0.3) is 6.08 Å². The van der Waals surface area contributed by atoms with E-state index in [9.17, 15) is 18.0 Å². The quantitative estimate of drug-likeness (QED) is 0.485. The Morgan fingerprint density at radius 1 is 1.08 bits per heavy atom. The van der Waals surface area contributed by atoms with Crippen molar-refractivity contribution in [2.24, 2.45) is 0 Å². The zero-order valence-electron chi connectivity index (χ0n) is 15.0. The van der Waals surface area contributed by atoms with E-state index in [0.717, 1.165) is 16.7 Å². The number of alkyl halides is 3. The van der Waals surface area contributed by atoms with E-state index in [1.807, 2.05) is 20.8 Å². The summed E-state index contributed by atoms with van der Waals surface area (Å²) >= 11 is 3.29. The van der Waals surface area contributed by atoms with Crippen molar-refractivity contribution in [3.63, 3.8) is 0 Å². The second-order valence-electron chi connectivity index (χ2n) is 6.45. The molecule has 0 saturated heterocycles. The molecule has 5 heteroatoms. The van der Waals surface area contributed by atoms with Gasteiger partial charge in [0, 0.05) is 10.0 Å². The zero-order valence-corrected chi connectivity index (χ0v) is 16.6. The van der Waals surface area contributed by atoms with Crippen molar-refractivity contribution in [3.05, 3.63) is 74.3 Å². The Bertz CT molecular complexity index is 843. The molecule has 0 aliphatic rings. The number of carbonyl (C=O) groups is 1. The van der Waals surface area contributed by atoms with Gasteiger partial charge in [0.2, 0.25) is 0 Å². The molecule has 0 aliphatic heterocycles. The molecule has 2 aromatic carbocycles. The highest BCUT2D eigenvalue weighted by atomic mass is 79.9. The van der Waals surface area contributed by atoms with Gasteiger partial charge in [0.1, 0.15) is 0 Å². The van der Waals surface area contributed by atoms with Gasteiger partial charge in [0.05, 0.1) is 5.92 Å². The largest absolute Gasteiger partial charge is 0.399 e. The van der Waals surface area contributed by atoms with Crippen LogP contribution in [0.3, 0.4) is 0 Å². The minimum atomic E-state index is -4.39. The Balaban J connectivity index is 2.42. The van der Waals surface area contributed by atoms with Gasteiger partial charge in [-0.05, 0) is 67.6 Å². The molecule has 0 aliphatic carbocycles. The first-order chi connectivity index (χ1) is 12.0. The molecular weight excluding hydrogens is 405 g/mol. The van der Waals surface area contributed by atoms with Crippen molar-refractivity contribution < 1.29 is 18.0 Å². The number of aryl methyl sites for hydroxylation is 2. The Morgan fingerprint density at radius 2 is 1.65 bits per heavy atom. The van der Waals surface area contributed by atoms with Gasteiger partial charge in [0.15, 0.2) is 5.78 Å². The summed E-state index contributed by atoms with van der Waals surface area (Å²) in [6, 6.07) is 8.08. The van der Waals surface area contributed by atoms with Gasteiger partial charge >= 0.3 is 6.18 Å². The third-order valence-corrected chi connectivity index (χ3v) is 5.17. The predicted molar refractivity (Wildman–Crippen MR) is 103 cm³/mol. The van der Waals surface area contributed by atoms with Crippen molar-refractivity contribution in [3.8, 4) is 0 Å². The fourth-order valence-electron chi connectivity index (χ4n) is 2.79. The summed E-state index contributed by atoms with van der Waals surface area (Å²) in [5.74, 6) is -1.79. The minimum absolute atomic E-state index is 0.105. The Morgan fingerprint density at radius 3 is 2.12 bits per heavy atom. The van der Waals surface area contributed by atoms with Gasteiger partial charge in [-0.3, -0.25) is 4.79 Å². The molecule has 2 rings (SSSR count). The van der Waals surface area contributed by atoms with Crippen molar-refractivity contribution in [2.45, 2.75) is 39.8 Å². The highest BCUT2D eigenvalue weighted by molar-refractivity contribution is 9.10. The Labute approximate surface area is 160 Å². The summed E-state index contributed by atoms with van der Waals surface area (Å²) in [4.78, 5) is 11.5. The molecule has 0 amide bonds. The van der Waals surface area contributed by atoms with Crippen LogP contribution in [0.2, 0.25) is 0 Å². The number of halogens is 4. The van der Waals surface area contributed by atoms with E-state index >= 15 is 0 Å². The third-order valence-electron chi connectivity index (χ3n) is 4.51. The Kier molecular flexibility index (Phi) is 6.12. The molecule has 26 heavy (non-hydrogen) atoms. The smallest absolute Gasteiger partial charge is 0.294 e. The van der Waals surface area contributed by atoms with E-state index in [2.05, 4.69) is 15.9 Å². The van der Waals surface area contributed by atoms with Crippen LogP contribution in [0.5, 0.6) is 0 Å². The lowest BCUT2D eigenvalue weighted by molar-refractivity contribution is -0.139. The minimum Gasteiger partial charge on any atom is -0.294 e. The molecule has 0 N–H and O–H groups in total. The maximum absolute atomic E-state index is 13.6. The number of hydrogen-bond donors (Lipinski definition) is 0. The van der Waals surface area contributed by atoms with Gasteiger partial charge < -0.3 is 0 Å². The van der Waals surface area contributed by atoms with Gasteiger partial charge in [-0.1, -0.05) is 46.3 Å². The summed E-state index contributed by atoms with van der Waals surface area (Å²) in [7, 11) is 0. The first-order valence-electron chi connectivity index (χ1n) is 8.14.